The number of ketones is 3. The normalized spacial score (nSPS) is 11.4. The quantitative estimate of drug-likeness (QED) is 0.0840. The van der Waals surface area contributed by atoms with Gasteiger partial charge in [0, 0.05) is 52.8 Å². The molecule has 13 nitrogen and oxygen atoms in total. The van der Waals surface area contributed by atoms with Crippen molar-refractivity contribution in [2.45, 2.75) is 102 Å². The van der Waals surface area contributed by atoms with Crippen LogP contribution >= 0.6 is 7.14 Å². The van der Waals surface area contributed by atoms with Gasteiger partial charge in [0.25, 0.3) is 0 Å². The third-order valence-corrected chi connectivity index (χ3v) is 15.4. The topological polar surface area (TPSA) is 191 Å². The Hall–Kier alpha value is -7.12. The Morgan fingerprint density at radius 3 is 0.741 bits per heavy atom. The van der Waals surface area contributed by atoms with Gasteiger partial charge in [-0.05, 0) is 73.4 Å². The third kappa shape index (κ3) is 17.2. The van der Waals surface area contributed by atoms with Crippen LogP contribution in [-0.4, -0.2) is 46.7 Å². The van der Waals surface area contributed by atoms with E-state index in [4.69, 9.17) is 0 Å². The zero-order valence-corrected chi connectivity index (χ0v) is 51.3. The molecule has 0 aliphatic rings. The summed E-state index contributed by atoms with van der Waals surface area (Å²) in [7, 11) is -2.78. The van der Waals surface area contributed by atoms with Crippen molar-refractivity contribution in [2.75, 3.05) is 0 Å². The number of nitrogens with zero attached hydrogens (tertiary/aromatic N) is 6. The van der Waals surface area contributed by atoms with Crippen molar-refractivity contribution >= 4 is 40.4 Å². The molecule has 3 heterocycles. The van der Waals surface area contributed by atoms with Crippen molar-refractivity contribution in [3.63, 3.8) is 0 Å². The predicted molar refractivity (Wildman–Crippen MR) is 314 cm³/mol. The Kier molecular flexibility index (Phi) is 22.4. The molecule has 3 aromatic heterocycles. The van der Waals surface area contributed by atoms with E-state index in [1.807, 2.05) is 208 Å². The standard InChI is InChI=1S/C18H15OP.3C16H20N2O2.Tb/c19-20(16-10-4-1-5-11-16,17-12-6-2-7-13-17)18-14-8-3-9-15-18;3*1-11-14(13(19)10-16(2,3)4)15(20)18(17-11)12-8-6-5-7-9-12;/h1-15H;3*5-9,20H,10H2,1-4H3;/q;;;;+3/p-3. The number of aromatic nitrogens is 6. The van der Waals surface area contributed by atoms with E-state index >= 15 is 0 Å². The molecule has 0 amide bonds. The third-order valence-electron chi connectivity index (χ3n) is 12.3. The fraction of sp³-hybridized carbons (Fsp3) is 0.273. The maximum absolute atomic E-state index is 13.8. The Labute approximate surface area is 507 Å². The van der Waals surface area contributed by atoms with E-state index in [0.29, 0.717) is 53.4 Å². The molecule has 0 atom stereocenters. The summed E-state index contributed by atoms with van der Waals surface area (Å²) in [6.07, 6.45) is 1.01. The maximum atomic E-state index is 13.8. The van der Waals surface area contributed by atoms with E-state index in [2.05, 4.69) is 15.3 Å². The average Bonchev–Trinajstić information content (AvgIpc) is 4.07. The molecule has 9 aromatic rings. The number of hydrogen-bond donors (Lipinski definition) is 0. The van der Waals surface area contributed by atoms with Gasteiger partial charge in [-0.2, -0.15) is 15.3 Å². The number of aryl methyl sites for hydroxylation is 3. The molecule has 0 aliphatic heterocycles. The minimum Gasteiger partial charge on any atom is -0.858 e. The van der Waals surface area contributed by atoms with Crippen molar-refractivity contribution < 1.29 is 72.9 Å². The van der Waals surface area contributed by atoms with Crippen molar-refractivity contribution in [3.8, 4) is 34.7 Å². The molecule has 0 radical (unpaired) electrons. The van der Waals surface area contributed by atoms with E-state index in [0.717, 1.165) is 15.9 Å². The van der Waals surface area contributed by atoms with Gasteiger partial charge in [0.1, 0.15) is 0 Å². The fourth-order valence-electron chi connectivity index (χ4n) is 8.79. The fourth-order valence-corrected chi connectivity index (χ4v) is 11.5. The van der Waals surface area contributed by atoms with Crippen LogP contribution in [0.5, 0.6) is 17.6 Å². The van der Waals surface area contributed by atoms with Crippen molar-refractivity contribution in [1.29, 1.82) is 0 Å². The summed E-state index contributed by atoms with van der Waals surface area (Å²) in [6.45, 7) is 22.9. The second-order valence-corrected chi connectivity index (χ2v) is 25.9. The van der Waals surface area contributed by atoms with Crippen LogP contribution < -0.4 is 31.2 Å². The Balaban J connectivity index is 0.000000197. The smallest absolute Gasteiger partial charge is 0.858 e. The van der Waals surface area contributed by atoms with Crippen LogP contribution in [-0.2, 0) is 4.57 Å². The average molecular weight is 1250 g/mol. The van der Waals surface area contributed by atoms with Gasteiger partial charge in [0.15, 0.2) is 24.5 Å². The van der Waals surface area contributed by atoms with Gasteiger partial charge in [0.2, 0.25) is 0 Å². The monoisotopic (exact) mass is 1250 g/mol. The first-order valence-electron chi connectivity index (χ1n) is 26.5. The van der Waals surface area contributed by atoms with Crippen LogP contribution in [0, 0.1) is 75.6 Å². The zero-order chi connectivity index (χ0) is 58.6. The molecule has 0 saturated carbocycles. The first kappa shape index (κ1) is 64.7. The molecule has 422 valence electrons. The van der Waals surface area contributed by atoms with Crippen LogP contribution in [0.3, 0.4) is 0 Å². The summed E-state index contributed by atoms with van der Waals surface area (Å²) >= 11 is 0. The van der Waals surface area contributed by atoms with E-state index in [-0.39, 0.29) is 107 Å². The predicted octanol–water partition coefficient (Wildman–Crippen LogP) is 11.9. The molecule has 6 aromatic carbocycles. The van der Waals surface area contributed by atoms with Gasteiger partial charge in [-0.25, -0.2) is 14.0 Å². The number of Topliss-reactive ketones (excluding diaryl/α,β-unsaturated/α-hetero) is 3. The molecule has 0 bridgehead atoms. The van der Waals surface area contributed by atoms with Crippen molar-refractivity contribution in [3.05, 3.63) is 216 Å². The van der Waals surface area contributed by atoms with Gasteiger partial charge in [-0.1, -0.05) is 208 Å². The first-order valence-corrected chi connectivity index (χ1v) is 28.2. The second-order valence-electron chi connectivity index (χ2n) is 23.1. The van der Waals surface area contributed by atoms with Gasteiger partial charge >= 0.3 is 38.6 Å². The molecule has 0 fully saturated rings. The van der Waals surface area contributed by atoms with Crippen LogP contribution in [0.2, 0.25) is 0 Å². The Morgan fingerprint density at radius 1 is 0.370 bits per heavy atom. The number of para-hydroxylation sites is 3. The van der Waals surface area contributed by atoms with Crippen LogP contribution in [0.15, 0.2) is 182 Å². The van der Waals surface area contributed by atoms with E-state index in [1.165, 1.54) is 14.0 Å². The molecular formula is C66H72N6O7PTb. The van der Waals surface area contributed by atoms with Crippen LogP contribution in [0.4, 0.5) is 0 Å². The Bertz CT molecular complexity index is 3170. The molecule has 0 aliphatic carbocycles. The Morgan fingerprint density at radius 2 is 0.556 bits per heavy atom. The van der Waals surface area contributed by atoms with Crippen LogP contribution in [0.25, 0.3) is 17.1 Å². The maximum Gasteiger partial charge on any atom is 3.00 e. The largest absolute Gasteiger partial charge is 3.00 e. The number of carbonyl (C=O) groups excluding carboxylic acids is 3. The number of rotatable bonds is 12. The number of carbonyl (C=O) groups is 3. The summed E-state index contributed by atoms with van der Waals surface area (Å²) in [5.74, 6) is -1.40. The number of hydrogen-bond acceptors (Lipinski definition) is 10. The second kappa shape index (κ2) is 28.0. The molecule has 9 rings (SSSR count). The van der Waals surface area contributed by atoms with Crippen LogP contribution in [0.1, 0.15) is 130 Å². The van der Waals surface area contributed by atoms with Gasteiger partial charge in [0.05, 0.1) is 50.8 Å². The van der Waals surface area contributed by atoms with E-state index < -0.39 is 7.14 Å². The summed E-state index contributed by atoms with van der Waals surface area (Å²) < 4.78 is 17.7. The molecule has 0 saturated heterocycles. The number of benzene rings is 6. The van der Waals surface area contributed by atoms with Gasteiger partial charge < -0.3 is 19.9 Å². The molecule has 15 heteroatoms. The minimum atomic E-state index is -2.78. The molecule has 81 heavy (non-hydrogen) atoms. The summed E-state index contributed by atoms with van der Waals surface area (Å²) in [4.78, 5) is 36.9. The van der Waals surface area contributed by atoms with Gasteiger partial charge in [-0.3, -0.25) is 14.4 Å². The first-order chi connectivity index (χ1) is 37.7. The van der Waals surface area contributed by atoms with Crippen molar-refractivity contribution in [1.82, 2.24) is 29.3 Å². The molecule has 0 spiro atoms. The minimum absolute atomic E-state index is 0. The molecular weight excluding hydrogens is 1180 g/mol. The summed E-state index contributed by atoms with van der Waals surface area (Å²) in [5.41, 5.74) is 3.70. The summed E-state index contributed by atoms with van der Waals surface area (Å²) in [6, 6.07) is 56.6. The molecule has 0 unspecified atom stereocenters. The van der Waals surface area contributed by atoms with Gasteiger partial charge in [-0.15, -0.1) is 0 Å². The van der Waals surface area contributed by atoms with E-state index in [1.54, 1.807) is 57.2 Å². The zero-order valence-electron chi connectivity index (χ0n) is 48.3. The SMILES string of the molecule is Cc1nn(-c2ccccc2)c([O-])c1C(=O)CC(C)(C)C.Cc1nn(-c2ccccc2)c([O-])c1C(=O)CC(C)(C)C.Cc1nn(-c2ccccc2)c([O-])c1C(=O)CC(C)(C)C.O=P(c1ccccc1)(c1ccccc1)c1ccccc1.[Tb+3]. The van der Waals surface area contributed by atoms with E-state index in [9.17, 15) is 34.3 Å². The molecule has 0 N–H and O–H groups in total. The van der Waals surface area contributed by atoms with Crippen molar-refractivity contribution in [2.24, 2.45) is 16.2 Å². The summed E-state index contributed by atoms with van der Waals surface area (Å²) in [5, 5.41) is 52.5.